The first kappa shape index (κ1) is 13.3. The zero-order valence-electron chi connectivity index (χ0n) is 9.98. The van der Waals surface area contributed by atoms with E-state index in [0.717, 1.165) is 32.4 Å². The maximum absolute atomic E-state index is 8.58. The molecule has 5 nitrogen and oxygen atoms in total. The summed E-state index contributed by atoms with van der Waals surface area (Å²) in [6, 6.07) is -0.0337. The van der Waals surface area contributed by atoms with E-state index in [4.69, 9.17) is 15.7 Å². The fourth-order valence-electron chi connectivity index (χ4n) is 1.98. The summed E-state index contributed by atoms with van der Waals surface area (Å²) in [5.74, 6) is 0.257. The number of amidine groups is 1. The smallest absolute Gasteiger partial charge is 0.156 e. The van der Waals surface area contributed by atoms with Gasteiger partial charge in [-0.15, -0.1) is 0 Å². The van der Waals surface area contributed by atoms with Gasteiger partial charge in [0.2, 0.25) is 0 Å². The molecule has 94 valence electrons. The maximum Gasteiger partial charge on any atom is 0.156 e. The molecule has 4 N–H and O–H groups in total. The third-order valence-electron chi connectivity index (χ3n) is 3.01. The molecule has 0 aromatic carbocycles. The number of rotatable bonds is 6. The molecule has 0 saturated carbocycles. The molecule has 0 aliphatic carbocycles. The fraction of sp³-hybridized carbons (Fsp3) is 0.909. The summed E-state index contributed by atoms with van der Waals surface area (Å²) >= 11 is 0. The lowest BCUT2D eigenvalue weighted by molar-refractivity contribution is 0.0114. The number of ether oxygens (including phenoxy) is 1. The third kappa shape index (κ3) is 4.37. The molecule has 16 heavy (non-hydrogen) atoms. The van der Waals surface area contributed by atoms with Crippen molar-refractivity contribution in [3.05, 3.63) is 0 Å². The molecule has 5 heteroatoms. The largest absolute Gasteiger partial charge is 0.409 e. The van der Waals surface area contributed by atoms with Gasteiger partial charge in [-0.3, -0.25) is 0 Å². The quantitative estimate of drug-likeness (QED) is 0.275. The van der Waals surface area contributed by atoms with Crippen LogP contribution in [0.25, 0.3) is 0 Å². The predicted octanol–water partition coefficient (Wildman–Crippen LogP) is 1.06. The average molecular weight is 229 g/mol. The Morgan fingerprint density at radius 3 is 3.00 bits per heavy atom. The van der Waals surface area contributed by atoms with Crippen LogP contribution in [0.2, 0.25) is 0 Å². The van der Waals surface area contributed by atoms with Crippen molar-refractivity contribution >= 4 is 5.84 Å². The van der Waals surface area contributed by atoms with Gasteiger partial charge in [0.15, 0.2) is 5.84 Å². The van der Waals surface area contributed by atoms with E-state index in [0.29, 0.717) is 6.10 Å². The molecule has 1 fully saturated rings. The molecular formula is C11H23N3O2. The third-order valence-corrected chi connectivity index (χ3v) is 3.01. The minimum Gasteiger partial charge on any atom is -0.409 e. The van der Waals surface area contributed by atoms with Crippen molar-refractivity contribution in [2.45, 2.75) is 51.2 Å². The maximum atomic E-state index is 8.58. The van der Waals surface area contributed by atoms with Gasteiger partial charge in [-0.1, -0.05) is 12.1 Å². The van der Waals surface area contributed by atoms with Gasteiger partial charge in [0.05, 0.1) is 12.1 Å². The second kappa shape index (κ2) is 7.46. The Kier molecular flexibility index (Phi) is 6.18. The normalized spacial score (nSPS) is 24.3. The fourth-order valence-corrected chi connectivity index (χ4v) is 1.98. The standard InChI is InChI=1S/C11H23N3O2/c1-2-10(11(12)14-15)13-7-6-9-5-3-4-8-16-9/h9-10,13,15H,2-8H2,1H3,(H2,12,14). The van der Waals surface area contributed by atoms with Crippen LogP contribution in [-0.2, 0) is 4.74 Å². The van der Waals surface area contributed by atoms with E-state index in [1.54, 1.807) is 0 Å². The number of nitrogens with zero attached hydrogens (tertiary/aromatic N) is 1. The molecule has 1 aliphatic rings. The SMILES string of the molecule is CCC(NCCC1CCCCO1)C(N)=NO. The highest BCUT2D eigenvalue weighted by atomic mass is 16.5. The summed E-state index contributed by atoms with van der Waals surface area (Å²) in [7, 11) is 0. The monoisotopic (exact) mass is 229 g/mol. The van der Waals surface area contributed by atoms with Crippen LogP contribution in [-0.4, -0.2) is 36.3 Å². The lowest BCUT2D eigenvalue weighted by atomic mass is 10.1. The van der Waals surface area contributed by atoms with E-state index in [-0.39, 0.29) is 11.9 Å². The van der Waals surface area contributed by atoms with E-state index in [1.165, 1.54) is 12.8 Å². The number of nitrogens with two attached hydrogens (primary N) is 1. The lowest BCUT2D eigenvalue weighted by Crippen LogP contribution is -2.42. The van der Waals surface area contributed by atoms with Crippen LogP contribution >= 0.6 is 0 Å². The van der Waals surface area contributed by atoms with Crippen LogP contribution in [0.1, 0.15) is 39.0 Å². The van der Waals surface area contributed by atoms with E-state index in [1.807, 2.05) is 6.92 Å². The molecule has 0 spiro atoms. The van der Waals surface area contributed by atoms with Crippen molar-refractivity contribution < 1.29 is 9.94 Å². The van der Waals surface area contributed by atoms with E-state index >= 15 is 0 Å². The summed E-state index contributed by atoms with van der Waals surface area (Å²) in [5, 5.41) is 14.9. The molecule has 1 rings (SSSR count). The van der Waals surface area contributed by atoms with E-state index < -0.39 is 0 Å². The van der Waals surface area contributed by atoms with Crippen LogP contribution < -0.4 is 11.1 Å². The van der Waals surface area contributed by atoms with Gasteiger partial charge in [0.1, 0.15) is 0 Å². The summed E-state index contributed by atoms with van der Waals surface area (Å²) in [4.78, 5) is 0. The Bertz CT molecular complexity index is 215. The molecule has 0 aromatic rings. The molecule has 1 aliphatic heterocycles. The van der Waals surface area contributed by atoms with Gasteiger partial charge < -0.3 is 21.0 Å². The molecule has 1 heterocycles. The Balaban J connectivity index is 2.17. The molecule has 2 unspecified atom stereocenters. The Morgan fingerprint density at radius 1 is 1.62 bits per heavy atom. The first-order chi connectivity index (χ1) is 7.77. The van der Waals surface area contributed by atoms with Gasteiger partial charge in [-0.05, 0) is 38.6 Å². The van der Waals surface area contributed by atoms with Crippen molar-refractivity contribution in [3.8, 4) is 0 Å². The highest BCUT2D eigenvalue weighted by Gasteiger charge is 2.15. The predicted molar refractivity (Wildman–Crippen MR) is 63.7 cm³/mol. The number of hydrogen-bond acceptors (Lipinski definition) is 4. The van der Waals surface area contributed by atoms with Crippen molar-refractivity contribution in [2.75, 3.05) is 13.2 Å². The van der Waals surface area contributed by atoms with Crippen molar-refractivity contribution in [3.63, 3.8) is 0 Å². The van der Waals surface area contributed by atoms with Gasteiger partial charge in [-0.2, -0.15) is 0 Å². The van der Waals surface area contributed by atoms with Crippen LogP contribution in [0.4, 0.5) is 0 Å². The van der Waals surface area contributed by atoms with Crippen molar-refractivity contribution in [2.24, 2.45) is 10.9 Å². The lowest BCUT2D eigenvalue weighted by Gasteiger charge is -2.23. The van der Waals surface area contributed by atoms with Crippen LogP contribution in [0.3, 0.4) is 0 Å². The Labute approximate surface area is 97.0 Å². The molecule has 1 saturated heterocycles. The molecule has 0 aromatic heterocycles. The zero-order chi connectivity index (χ0) is 11.8. The van der Waals surface area contributed by atoms with Gasteiger partial charge in [0.25, 0.3) is 0 Å². The van der Waals surface area contributed by atoms with Crippen LogP contribution in [0.5, 0.6) is 0 Å². The van der Waals surface area contributed by atoms with Crippen LogP contribution in [0.15, 0.2) is 5.16 Å². The Morgan fingerprint density at radius 2 is 2.44 bits per heavy atom. The van der Waals surface area contributed by atoms with Gasteiger partial charge in [0, 0.05) is 6.61 Å². The molecule has 0 radical (unpaired) electrons. The summed E-state index contributed by atoms with van der Waals surface area (Å²) in [5.41, 5.74) is 5.55. The summed E-state index contributed by atoms with van der Waals surface area (Å²) in [6.45, 7) is 3.74. The average Bonchev–Trinajstić information content (AvgIpc) is 2.35. The van der Waals surface area contributed by atoms with Crippen molar-refractivity contribution in [1.29, 1.82) is 0 Å². The first-order valence-electron chi connectivity index (χ1n) is 6.10. The summed E-state index contributed by atoms with van der Waals surface area (Å²) in [6.07, 6.45) is 5.80. The minimum atomic E-state index is -0.0337. The summed E-state index contributed by atoms with van der Waals surface area (Å²) < 4.78 is 5.63. The topological polar surface area (TPSA) is 79.9 Å². The van der Waals surface area contributed by atoms with Crippen LogP contribution in [0, 0.1) is 0 Å². The second-order valence-corrected chi connectivity index (χ2v) is 4.22. The molecule has 0 bridgehead atoms. The highest BCUT2D eigenvalue weighted by Crippen LogP contribution is 2.14. The molecule has 2 atom stereocenters. The van der Waals surface area contributed by atoms with Gasteiger partial charge in [-0.25, -0.2) is 0 Å². The molecule has 0 amide bonds. The van der Waals surface area contributed by atoms with Crippen molar-refractivity contribution in [1.82, 2.24) is 5.32 Å². The first-order valence-corrected chi connectivity index (χ1v) is 6.10. The van der Waals surface area contributed by atoms with Gasteiger partial charge >= 0.3 is 0 Å². The number of hydrogen-bond donors (Lipinski definition) is 3. The minimum absolute atomic E-state index is 0.0337. The zero-order valence-corrected chi connectivity index (χ0v) is 9.98. The number of oxime groups is 1. The van der Waals surface area contributed by atoms with E-state index in [9.17, 15) is 0 Å². The Hall–Kier alpha value is -0.810. The second-order valence-electron chi connectivity index (χ2n) is 4.22. The number of nitrogens with one attached hydrogen (secondary N) is 1. The van der Waals surface area contributed by atoms with E-state index in [2.05, 4.69) is 10.5 Å². The molecular weight excluding hydrogens is 206 g/mol. The highest BCUT2D eigenvalue weighted by molar-refractivity contribution is 5.85.